The van der Waals surface area contributed by atoms with Gasteiger partial charge < -0.3 is 10.1 Å². The number of hydrogen-bond acceptors (Lipinski definition) is 3. The van der Waals surface area contributed by atoms with E-state index < -0.39 is 0 Å². The van der Waals surface area contributed by atoms with Gasteiger partial charge in [-0.2, -0.15) is 0 Å². The summed E-state index contributed by atoms with van der Waals surface area (Å²) < 4.78 is 5.74. The second-order valence-corrected chi connectivity index (χ2v) is 5.24. The Morgan fingerprint density at radius 3 is 2.40 bits per heavy atom. The van der Waals surface area contributed by atoms with E-state index in [1.165, 1.54) is 12.8 Å². The van der Waals surface area contributed by atoms with Gasteiger partial charge in [-0.25, -0.2) is 0 Å². The predicted octanol–water partition coefficient (Wildman–Crippen LogP) is 1.24. The summed E-state index contributed by atoms with van der Waals surface area (Å²) in [5.74, 6) is 0. The van der Waals surface area contributed by atoms with Crippen molar-refractivity contribution in [1.29, 1.82) is 0 Å². The van der Waals surface area contributed by atoms with Gasteiger partial charge in [-0.1, -0.05) is 0 Å². The van der Waals surface area contributed by atoms with E-state index in [2.05, 4.69) is 31.0 Å². The first kappa shape index (κ1) is 11.4. The molecule has 0 aromatic carbocycles. The fourth-order valence-electron chi connectivity index (χ4n) is 2.33. The van der Waals surface area contributed by atoms with Gasteiger partial charge in [0.1, 0.15) is 0 Å². The molecule has 1 N–H and O–H groups in total. The van der Waals surface area contributed by atoms with Crippen molar-refractivity contribution in [2.45, 2.75) is 57.9 Å². The molecular formula is C12H24N2O. The van der Waals surface area contributed by atoms with Gasteiger partial charge in [-0.3, -0.25) is 4.90 Å². The fourth-order valence-corrected chi connectivity index (χ4v) is 2.33. The highest BCUT2D eigenvalue weighted by Crippen LogP contribution is 2.19. The summed E-state index contributed by atoms with van der Waals surface area (Å²) in [6.07, 6.45) is 3.53. The largest absolute Gasteiger partial charge is 0.373 e. The van der Waals surface area contributed by atoms with Crippen molar-refractivity contribution in [3.05, 3.63) is 0 Å². The Balaban J connectivity index is 1.74. The van der Waals surface area contributed by atoms with Crippen molar-refractivity contribution >= 4 is 0 Å². The molecule has 0 spiro atoms. The second kappa shape index (κ2) is 4.81. The summed E-state index contributed by atoms with van der Waals surface area (Å²) in [4.78, 5) is 2.55. The Morgan fingerprint density at radius 1 is 1.27 bits per heavy atom. The maximum absolute atomic E-state index is 5.74. The maximum atomic E-state index is 5.74. The summed E-state index contributed by atoms with van der Waals surface area (Å²) in [6, 6.07) is 1.46. The van der Waals surface area contributed by atoms with Gasteiger partial charge in [-0.05, 0) is 33.6 Å². The number of hydrogen-bond donors (Lipinski definition) is 1. The van der Waals surface area contributed by atoms with E-state index >= 15 is 0 Å². The zero-order valence-corrected chi connectivity index (χ0v) is 10.2. The highest BCUT2D eigenvalue weighted by atomic mass is 16.5. The number of morpholine rings is 1. The third-order valence-corrected chi connectivity index (χ3v) is 3.35. The monoisotopic (exact) mass is 212 g/mol. The van der Waals surface area contributed by atoms with Crippen molar-refractivity contribution in [2.75, 3.05) is 19.6 Å². The average molecular weight is 212 g/mol. The zero-order valence-electron chi connectivity index (χ0n) is 10.2. The molecule has 15 heavy (non-hydrogen) atoms. The zero-order chi connectivity index (χ0) is 10.8. The van der Waals surface area contributed by atoms with Crippen LogP contribution in [0.25, 0.3) is 0 Å². The standard InChI is InChI=1S/C12H24N2O/c1-9(6-13-12-4-5-12)14-7-10(2)15-11(3)8-14/h9-13H,4-8H2,1-3H3. The molecule has 0 aromatic rings. The molecule has 0 aromatic heterocycles. The third-order valence-electron chi connectivity index (χ3n) is 3.35. The maximum Gasteiger partial charge on any atom is 0.0678 e. The topological polar surface area (TPSA) is 24.5 Å². The highest BCUT2D eigenvalue weighted by molar-refractivity contribution is 4.84. The van der Waals surface area contributed by atoms with Gasteiger partial charge in [-0.15, -0.1) is 0 Å². The van der Waals surface area contributed by atoms with Gasteiger partial charge in [0.15, 0.2) is 0 Å². The van der Waals surface area contributed by atoms with Crippen LogP contribution in [0, 0.1) is 0 Å². The van der Waals surface area contributed by atoms with E-state index in [9.17, 15) is 0 Å². The van der Waals surface area contributed by atoms with Crippen molar-refractivity contribution in [1.82, 2.24) is 10.2 Å². The summed E-state index contributed by atoms with van der Waals surface area (Å²) in [5, 5.41) is 3.60. The van der Waals surface area contributed by atoms with E-state index in [0.29, 0.717) is 18.2 Å². The molecule has 0 radical (unpaired) electrons. The normalized spacial score (nSPS) is 35.4. The molecule has 88 valence electrons. The Morgan fingerprint density at radius 2 is 1.87 bits per heavy atom. The molecule has 3 unspecified atom stereocenters. The molecule has 3 heteroatoms. The van der Waals surface area contributed by atoms with Crippen molar-refractivity contribution < 1.29 is 4.74 Å². The molecule has 0 bridgehead atoms. The van der Waals surface area contributed by atoms with Crippen LogP contribution >= 0.6 is 0 Å². The van der Waals surface area contributed by atoms with E-state index in [1.54, 1.807) is 0 Å². The van der Waals surface area contributed by atoms with Crippen molar-refractivity contribution in [3.8, 4) is 0 Å². The van der Waals surface area contributed by atoms with Crippen LogP contribution in [0.3, 0.4) is 0 Å². The summed E-state index contributed by atoms with van der Waals surface area (Å²) in [5.41, 5.74) is 0. The molecule has 1 aliphatic heterocycles. The third kappa shape index (κ3) is 3.44. The van der Waals surface area contributed by atoms with Crippen LogP contribution in [0.4, 0.5) is 0 Å². The number of rotatable bonds is 4. The Bertz CT molecular complexity index is 196. The van der Waals surface area contributed by atoms with Crippen LogP contribution in [-0.4, -0.2) is 48.8 Å². The first-order chi connectivity index (χ1) is 7.15. The van der Waals surface area contributed by atoms with Gasteiger partial charge in [0, 0.05) is 31.7 Å². The van der Waals surface area contributed by atoms with Crippen LogP contribution in [0.1, 0.15) is 33.6 Å². The SMILES string of the molecule is CC1CN(C(C)CNC2CC2)CC(C)O1. The van der Waals surface area contributed by atoms with E-state index in [-0.39, 0.29) is 0 Å². The molecule has 2 rings (SSSR count). The van der Waals surface area contributed by atoms with Gasteiger partial charge in [0.25, 0.3) is 0 Å². The lowest BCUT2D eigenvalue weighted by Crippen LogP contribution is -2.51. The average Bonchev–Trinajstić information content (AvgIpc) is 2.96. The molecule has 1 aliphatic carbocycles. The number of ether oxygens (including phenoxy) is 1. The lowest BCUT2D eigenvalue weighted by molar-refractivity contribution is -0.0781. The van der Waals surface area contributed by atoms with Crippen LogP contribution in [0.5, 0.6) is 0 Å². The number of nitrogens with zero attached hydrogens (tertiary/aromatic N) is 1. The van der Waals surface area contributed by atoms with Crippen molar-refractivity contribution in [3.63, 3.8) is 0 Å². The van der Waals surface area contributed by atoms with Gasteiger partial charge in [0.2, 0.25) is 0 Å². The van der Waals surface area contributed by atoms with Crippen molar-refractivity contribution in [2.24, 2.45) is 0 Å². The molecule has 2 aliphatic rings. The van der Waals surface area contributed by atoms with Gasteiger partial charge in [0.05, 0.1) is 12.2 Å². The minimum atomic E-state index is 0.386. The number of nitrogens with one attached hydrogen (secondary N) is 1. The highest BCUT2D eigenvalue weighted by Gasteiger charge is 2.27. The predicted molar refractivity (Wildman–Crippen MR) is 62.1 cm³/mol. The quantitative estimate of drug-likeness (QED) is 0.759. The first-order valence-corrected chi connectivity index (χ1v) is 6.28. The van der Waals surface area contributed by atoms with E-state index in [4.69, 9.17) is 4.74 Å². The molecule has 1 saturated carbocycles. The summed E-state index contributed by atoms with van der Waals surface area (Å²) >= 11 is 0. The molecular weight excluding hydrogens is 188 g/mol. The summed E-state index contributed by atoms with van der Waals surface area (Å²) in [7, 11) is 0. The first-order valence-electron chi connectivity index (χ1n) is 6.28. The van der Waals surface area contributed by atoms with E-state index in [1.807, 2.05) is 0 Å². The minimum Gasteiger partial charge on any atom is -0.373 e. The second-order valence-electron chi connectivity index (χ2n) is 5.24. The van der Waals surface area contributed by atoms with Crippen LogP contribution in [0.2, 0.25) is 0 Å². The summed E-state index contributed by atoms with van der Waals surface area (Å²) in [6.45, 7) is 9.95. The molecule has 3 nitrogen and oxygen atoms in total. The van der Waals surface area contributed by atoms with Crippen LogP contribution in [0.15, 0.2) is 0 Å². The Kier molecular flexibility index (Phi) is 3.65. The Labute approximate surface area is 93.2 Å². The lowest BCUT2D eigenvalue weighted by atomic mass is 10.2. The molecule has 1 heterocycles. The lowest BCUT2D eigenvalue weighted by Gasteiger charge is -2.39. The smallest absolute Gasteiger partial charge is 0.0678 e. The van der Waals surface area contributed by atoms with Gasteiger partial charge >= 0.3 is 0 Å². The molecule has 1 saturated heterocycles. The molecule has 3 atom stereocenters. The van der Waals surface area contributed by atoms with Crippen LogP contribution < -0.4 is 5.32 Å². The van der Waals surface area contributed by atoms with E-state index in [0.717, 1.165) is 25.7 Å². The Hall–Kier alpha value is -0.120. The molecule has 0 amide bonds. The minimum absolute atomic E-state index is 0.386. The fraction of sp³-hybridized carbons (Fsp3) is 1.00. The molecule has 2 fully saturated rings. The van der Waals surface area contributed by atoms with Crippen LogP contribution in [-0.2, 0) is 4.74 Å².